The van der Waals surface area contributed by atoms with E-state index in [0.717, 1.165) is 6.07 Å². The van der Waals surface area contributed by atoms with E-state index in [1.54, 1.807) is 13.8 Å². The number of aryl methyl sites for hydroxylation is 1. The maximum atomic E-state index is 16.3. The summed E-state index contributed by atoms with van der Waals surface area (Å²) in [5, 5.41) is 4.25. The third-order valence-corrected chi connectivity index (χ3v) is 7.41. The molecule has 9 nitrogen and oxygen atoms in total. The molecule has 1 amide bonds. The van der Waals surface area contributed by atoms with Gasteiger partial charge >= 0.3 is 6.09 Å². The molecular weight excluding hydrogens is 554 g/mol. The lowest BCUT2D eigenvalue weighted by atomic mass is 10.0. The Morgan fingerprint density at radius 1 is 1.05 bits per heavy atom. The van der Waals surface area contributed by atoms with Crippen molar-refractivity contribution in [2.75, 3.05) is 16.6 Å². The fraction of sp³-hybridized carbons (Fsp3) is 0.192. The van der Waals surface area contributed by atoms with Crippen LogP contribution in [0.15, 0.2) is 59.8 Å². The summed E-state index contributed by atoms with van der Waals surface area (Å²) in [7, 11) is -5.31. The number of sulfonamides is 1. The van der Waals surface area contributed by atoms with Crippen LogP contribution in [-0.2, 0) is 21.3 Å². The molecule has 0 aliphatic carbocycles. The average Bonchev–Trinajstić information content (AvgIpc) is 3.34. The fourth-order valence-electron chi connectivity index (χ4n) is 3.86. The molecule has 4 rings (SSSR count). The van der Waals surface area contributed by atoms with E-state index in [9.17, 15) is 22.0 Å². The molecule has 0 radical (unpaired) electrons. The maximum absolute atomic E-state index is 16.3. The Balaban J connectivity index is 1.98. The van der Waals surface area contributed by atoms with Crippen LogP contribution >= 0.6 is 0 Å². The summed E-state index contributed by atoms with van der Waals surface area (Å²) in [5.41, 5.74) is 4.40. The molecule has 0 saturated carbocycles. The third kappa shape index (κ3) is 5.34. The number of carbonyl (C=O) groups is 1. The van der Waals surface area contributed by atoms with Gasteiger partial charge in [-0.3, -0.25) is 4.68 Å². The second kappa shape index (κ2) is 11.3. The Hall–Kier alpha value is -4.46. The minimum absolute atomic E-state index is 0.121. The molecule has 0 bridgehead atoms. The number of nitrogens with zero attached hydrogens (tertiary/aromatic N) is 4. The summed E-state index contributed by atoms with van der Waals surface area (Å²) in [6, 6.07) is 5.92. The molecule has 0 spiro atoms. The molecule has 2 heterocycles. The van der Waals surface area contributed by atoms with Gasteiger partial charge in [-0.25, -0.2) is 35.8 Å². The van der Waals surface area contributed by atoms with Gasteiger partial charge in [-0.1, -0.05) is 6.92 Å². The molecule has 4 aromatic rings. The number of pyridine rings is 1. The zero-order valence-corrected chi connectivity index (χ0v) is 22.1. The van der Waals surface area contributed by atoms with Gasteiger partial charge in [0, 0.05) is 24.5 Å². The minimum Gasteiger partial charge on any atom is -0.448 e. The Morgan fingerprint density at radius 3 is 2.45 bits per heavy atom. The van der Waals surface area contributed by atoms with E-state index >= 15 is 8.78 Å². The van der Waals surface area contributed by atoms with Crippen LogP contribution in [0.4, 0.5) is 33.9 Å². The zero-order chi connectivity index (χ0) is 29.2. The number of halogens is 4. The highest BCUT2D eigenvalue weighted by Crippen LogP contribution is 2.39. The second-order valence-electron chi connectivity index (χ2n) is 8.43. The predicted molar refractivity (Wildman–Crippen MR) is 139 cm³/mol. The number of benzene rings is 2. The highest BCUT2D eigenvalue weighted by molar-refractivity contribution is 7.93. The molecule has 0 aliphatic rings. The van der Waals surface area contributed by atoms with Crippen molar-refractivity contribution in [3.8, 4) is 22.4 Å². The Labute approximate surface area is 226 Å². The summed E-state index contributed by atoms with van der Waals surface area (Å²) >= 11 is 0. The molecule has 2 aromatic heterocycles. The quantitative estimate of drug-likeness (QED) is 0.274. The van der Waals surface area contributed by atoms with Crippen molar-refractivity contribution in [1.29, 1.82) is 0 Å². The zero-order valence-electron chi connectivity index (χ0n) is 21.2. The second-order valence-corrected chi connectivity index (χ2v) is 10.2. The van der Waals surface area contributed by atoms with Crippen LogP contribution in [0.25, 0.3) is 22.4 Å². The Kier molecular flexibility index (Phi) is 8.09. The average molecular weight is 578 g/mol. The Morgan fingerprint density at radius 2 is 1.77 bits per heavy atom. The van der Waals surface area contributed by atoms with E-state index < -0.39 is 55.5 Å². The summed E-state index contributed by atoms with van der Waals surface area (Å²) < 4.78 is 93.2. The highest BCUT2D eigenvalue weighted by atomic mass is 32.2. The summed E-state index contributed by atoms with van der Waals surface area (Å²) in [6.07, 6.45) is 1.54. The molecule has 210 valence electrons. The van der Waals surface area contributed by atoms with Crippen molar-refractivity contribution in [1.82, 2.24) is 14.8 Å². The number of hydrogen-bond acceptors (Lipinski definition) is 7. The highest BCUT2D eigenvalue weighted by Gasteiger charge is 2.38. The number of anilines is 2. The van der Waals surface area contributed by atoms with Gasteiger partial charge in [0.05, 0.1) is 12.2 Å². The lowest BCUT2D eigenvalue weighted by molar-refractivity contribution is 0.157. The third-order valence-electron chi connectivity index (χ3n) is 5.71. The van der Waals surface area contributed by atoms with Gasteiger partial charge in [0.2, 0.25) is 0 Å². The van der Waals surface area contributed by atoms with Gasteiger partial charge in [0.15, 0.2) is 5.82 Å². The first-order valence-electron chi connectivity index (χ1n) is 11.9. The first-order chi connectivity index (χ1) is 19.0. The van der Waals surface area contributed by atoms with Gasteiger partial charge < -0.3 is 10.5 Å². The smallest absolute Gasteiger partial charge is 0.428 e. The van der Waals surface area contributed by atoms with Crippen LogP contribution in [0.5, 0.6) is 0 Å². The number of nitrogen functional groups attached to an aromatic ring is 1. The molecule has 0 saturated heterocycles. The minimum atomic E-state index is -5.31. The van der Waals surface area contributed by atoms with Crippen LogP contribution in [-0.4, -0.2) is 35.9 Å². The monoisotopic (exact) mass is 577 g/mol. The first-order valence-corrected chi connectivity index (χ1v) is 13.4. The summed E-state index contributed by atoms with van der Waals surface area (Å²) in [4.78, 5) is 15.6. The van der Waals surface area contributed by atoms with Crippen LogP contribution in [0.2, 0.25) is 0 Å². The van der Waals surface area contributed by atoms with E-state index in [1.165, 1.54) is 29.2 Å². The molecule has 14 heteroatoms. The number of nitrogens with two attached hydrogens (primary N) is 1. The van der Waals surface area contributed by atoms with E-state index in [0.29, 0.717) is 36.4 Å². The molecule has 2 N–H and O–H groups in total. The standard InChI is InChI=1S/C26H23F4N5O4S/c1-3-11-39-26(36)35(40(37,38)21-13-16(27)5-6-18(21)28)20-8-7-19(29)23(24(20)30)25-17(14-34(4-2)33-25)15-9-10-32-22(31)12-15/h5-10,12-14H,3-4,11H2,1-2H3,(H2,31,32). The van der Waals surface area contributed by atoms with E-state index in [4.69, 9.17) is 10.5 Å². The number of hydrogen-bond donors (Lipinski definition) is 1. The van der Waals surface area contributed by atoms with Gasteiger partial charge in [0.25, 0.3) is 10.0 Å². The number of carbonyl (C=O) groups excluding carboxylic acids is 1. The van der Waals surface area contributed by atoms with Gasteiger partial charge in [0.1, 0.15) is 39.5 Å². The maximum Gasteiger partial charge on any atom is 0.428 e. The van der Waals surface area contributed by atoms with Crippen molar-refractivity contribution < 1.29 is 35.5 Å². The first kappa shape index (κ1) is 28.5. The fourth-order valence-corrected chi connectivity index (χ4v) is 5.28. The summed E-state index contributed by atoms with van der Waals surface area (Å²) in [6.45, 7) is 3.38. The Bertz CT molecular complexity index is 1690. The normalized spacial score (nSPS) is 11.4. The molecule has 0 atom stereocenters. The largest absolute Gasteiger partial charge is 0.448 e. The van der Waals surface area contributed by atoms with Gasteiger partial charge in [-0.05, 0) is 61.4 Å². The van der Waals surface area contributed by atoms with Crippen molar-refractivity contribution in [3.63, 3.8) is 0 Å². The van der Waals surface area contributed by atoms with E-state index in [2.05, 4.69) is 10.1 Å². The van der Waals surface area contributed by atoms with Crippen LogP contribution < -0.4 is 10.0 Å². The van der Waals surface area contributed by atoms with Crippen LogP contribution in [0, 0.1) is 23.3 Å². The molecule has 2 aromatic carbocycles. The van der Waals surface area contributed by atoms with E-state index in [1.807, 2.05) is 0 Å². The van der Waals surface area contributed by atoms with E-state index in [-0.39, 0.29) is 34.4 Å². The number of aromatic nitrogens is 3. The lowest BCUT2D eigenvalue weighted by Crippen LogP contribution is -2.39. The van der Waals surface area contributed by atoms with Crippen LogP contribution in [0.1, 0.15) is 20.3 Å². The number of amides is 1. The SMILES string of the molecule is CCCOC(=O)N(c1ccc(F)c(-c2nn(CC)cc2-c2ccnc(N)c2)c1F)S(=O)(=O)c1cc(F)ccc1F. The summed E-state index contributed by atoms with van der Waals surface area (Å²) in [5.74, 6) is -5.07. The molecular formula is C26H23F4N5O4S. The molecule has 0 aliphatic heterocycles. The van der Waals surface area contributed by atoms with Gasteiger partial charge in [-0.15, -0.1) is 0 Å². The lowest BCUT2D eigenvalue weighted by Gasteiger charge is -2.23. The predicted octanol–water partition coefficient (Wildman–Crippen LogP) is 5.51. The van der Waals surface area contributed by atoms with Crippen LogP contribution in [0.3, 0.4) is 0 Å². The molecule has 40 heavy (non-hydrogen) atoms. The van der Waals surface area contributed by atoms with Crippen molar-refractivity contribution in [2.24, 2.45) is 0 Å². The molecule has 0 unspecified atom stereocenters. The van der Waals surface area contributed by atoms with Crippen molar-refractivity contribution >= 4 is 27.6 Å². The van der Waals surface area contributed by atoms with Crippen molar-refractivity contribution in [2.45, 2.75) is 31.7 Å². The topological polar surface area (TPSA) is 120 Å². The van der Waals surface area contributed by atoms with Gasteiger partial charge in [-0.2, -0.15) is 9.40 Å². The number of ether oxygens (including phenoxy) is 1. The molecule has 0 fully saturated rings. The number of rotatable bonds is 8. The van der Waals surface area contributed by atoms with Crippen molar-refractivity contribution in [3.05, 3.63) is 78.1 Å².